The first-order valence-electron chi connectivity index (χ1n) is 7.45. The molecule has 0 radical (unpaired) electrons. The van der Waals surface area contributed by atoms with Gasteiger partial charge in [-0.25, -0.2) is 0 Å². The number of benzene rings is 1. The summed E-state index contributed by atoms with van der Waals surface area (Å²) in [5.74, 6) is 0.598. The normalized spacial score (nSPS) is 16.5. The van der Waals surface area contributed by atoms with Crippen molar-refractivity contribution in [2.75, 3.05) is 18.1 Å². The van der Waals surface area contributed by atoms with Crippen LogP contribution in [0, 0.1) is 0 Å². The van der Waals surface area contributed by atoms with Crippen molar-refractivity contribution in [2.24, 2.45) is 0 Å². The lowest BCUT2D eigenvalue weighted by atomic mass is 10.2. The van der Waals surface area contributed by atoms with Gasteiger partial charge in [0.2, 0.25) is 0 Å². The molecule has 6 heteroatoms. The summed E-state index contributed by atoms with van der Waals surface area (Å²) in [7, 11) is 0. The van der Waals surface area contributed by atoms with E-state index in [1.807, 2.05) is 28.7 Å². The molecule has 1 fully saturated rings. The zero-order chi connectivity index (χ0) is 14.2. The van der Waals surface area contributed by atoms with E-state index in [1.165, 1.54) is 12.8 Å². The summed E-state index contributed by atoms with van der Waals surface area (Å²) in [6.07, 6.45) is 6.34. The molecule has 0 bridgehead atoms. The lowest BCUT2D eigenvalue weighted by Gasteiger charge is -2.25. The average molecular weight is 283 g/mol. The molecule has 0 aliphatic carbocycles. The first-order chi connectivity index (χ1) is 10.4. The van der Waals surface area contributed by atoms with Gasteiger partial charge in [-0.15, -0.1) is 10.2 Å². The first-order valence-corrected chi connectivity index (χ1v) is 7.45. The predicted octanol–water partition coefficient (Wildman–Crippen LogP) is 1.56. The fourth-order valence-electron chi connectivity index (χ4n) is 3.12. The Bertz CT molecular complexity index is 842. The van der Waals surface area contributed by atoms with Crippen LogP contribution in [0.15, 0.2) is 35.4 Å². The molecule has 6 nitrogen and oxygen atoms in total. The molecule has 3 aromatic rings. The molecule has 0 N–H and O–H groups in total. The van der Waals surface area contributed by atoms with E-state index < -0.39 is 0 Å². The lowest BCUT2D eigenvalue weighted by molar-refractivity contribution is 0.581. The van der Waals surface area contributed by atoms with Gasteiger partial charge in [0.05, 0.1) is 10.9 Å². The molecular formula is C15H17N5O. The molecule has 1 aliphatic heterocycles. The van der Waals surface area contributed by atoms with Gasteiger partial charge < -0.3 is 5.01 Å². The van der Waals surface area contributed by atoms with Gasteiger partial charge in [-0.3, -0.25) is 9.20 Å². The number of hydrogen-bond acceptors (Lipinski definition) is 4. The highest BCUT2D eigenvalue weighted by molar-refractivity contribution is 5.80. The van der Waals surface area contributed by atoms with E-state index in [-0.39, 0.29) is 5.56 Å². The molecule has 0 amide bonds. The van der Waals surface area contributed by atoms with Gasteiger partial charge in [0.1, 0.15) is 6.33 Å². The third-order valence-electron chi connectivity index (χ3n) is 4.17. The van der Waals surface area contributed by atoms with Crippen LogP contribution in [0.3, 0.4) is 0 Å². The molecule has 0 saturated carbocycles. The Morgan fingerprint density at radius 1 is 1.00 bits per heavy atom. The summed E-state index contributed by atoms with van der Waals surface area (Å²) < 4.78 is 3.60. The van der Waals surface area contributed by atoms with Crippen LogP contribution < -0.4 is 10.6 Å². The van der Waals surface area contributed by atoms with Gasteiger partial charge in [0, 0.05) is 13.1 Å². The maximum absolute atomic E-state index is 12.9. The highest BCUT2D eigenvalue weighted by Gasteiger charge is 2.18. The molecule has 0 unspecified atom stereocenters. The molecular weight excluding hydrogens is 266 g/mol. The topological polar surface area (TPSA) is 55.4 Å². The fourth-order valence-corrected chi connectivity index (χ4v) is 3.12. The smallest absolute Gasteiger partial charge is 0.281 e. The molecule has 0 atom stereocenters. The van der Waals surface area contributed by atoms with Crippen LogP contribution in [0.5, 0.6) is 0 Å². The lowest BCUT2D eigenvalue weighted by Crippen LogP contribution is -2.43. The Morgan fingerprint density at radius 2 is 1.76 bits per heavy atom. The number of hydrogen-bond donors (Lipinski definition) is 0. The van der Waals surface area contributed by atoms with E-state index in [0.29, 0.717) is 11.2 Å². The summed E-state index contributed by atoms with van der Waals surface area (Å²) in [5.41, 5.74) is 0.849. The molecule has 3 heterocycles. The highest BCUT2D eigenvalue weighted by atomic mass is 16.1. The van der Waals surface area contributed by atoms with Gasteiger partial charge in [0.15, 0.2) is 0 Å². The number of fused-ring (bicyclic) bond motifs is 3. The van der Waals surface area contributed by atoms with E-state index in [4.69, 9.17) is 0 Å². The van der Waals surface area contributed by atoms with Gasteiger partial charge in [0.25, 0.3) is 11.3 Å². The van der Waals surface area contributed by atoms with E-state index in [1.54, 1.807) is 11.0 Å². The van der Waals surface area contributed by atoms with Crippen molar-refractivity contribution in [3.63, 3.8) is 0 Å². The van der Waals surface area contributed by atoms with Crippen LogP contribution in [0.4, 0.5) is 0 Å². The number of rotatable bonds is 1. The SMILES string of the molecule is O=c1c2ccccc2n2cnnc2n1N1CCCCCC1. The van der Waals surface area contributed by atoms with Gasteiger partial charge >= 0.3 is 0 Å². The summed E-state index contributed by atoms with van der Waals surface area (Å²) >= 11 is 0. The van der Waals surface area contributed by atoms with Crippen LogP contribution in [-0.4, -0.2) is 32.4 Å². The Morgan fingerprint density at radius 3 is 2.57 bits per heavy atom. The van der Waals surface area contributed by atoms with E-state index in [9.17, 15) is 4.79 Å². The second-order valence-corrected chi connectivity index (χ2v) is 5.50. The Hall–Kier alpha value is -2.37. The fraction of sp³-hybridized carbons (Fsp3) is 0.400. The minimum atomic E-state index is -0.00648. The summed E-state index contributed by atoms with van der Waals surface area (Å²) in [4.78, 5) is 12.9. The summed E-state index contributed by atoms with van der Waals surface area (Å²) in [5, 5.41) is 11.0. The molecule has 1 saturated heterocycles. The average Bonchev–Trinajstić information content (AvgIpc) is 2.84. The Kier molecular flexibility index (Phi) is 2.87. The van der Waals surface area contributed by atoms with Crippen molar-refractivity contribution in [1.29, 1.82) is 0 Å². The second-order valence-electron chi connectivity index (χ2n) is 5.50. The van der Waals surface area contributed by atoms with Crippen molar-refractivity contribution in [3.05, 3.63) is 40.9 Å². The van der Waals surface area contributed by atoms with Gasteiger partial charge in [-0.2, -0.15) is 4.68 Å². The van der Waals surface area contributed by atoms with Crippen molar-refractivity contribution in [2.45, 2.75) is 25.7 Å². The van der Waals surface area contributed by atoms with E-state index >= 15 is 0 Å². The number of aromatic nitrogens is 4. The minimum Gasteiger partial charge on any atom is -0.307 e. The maximum atomic E-state index is 12.9. The van der Waals surface area contributed by atoms with Gasteiger partial charge in [-0.05, 0) is 25.0 Å². The third kappa shape index (κ3) is 1.90. The molecule has 2 aromatic heterocycles. The molecule has 108 valence electrons. The molecule has 1 aliphatic rings. The zero-order valence-electron chi connectivity index (χ0n) is 11.8. The predicted molar refractivity (Wildman–Crippen MR) is 81.2 cm³/mol. The summed E-state index contributed by atoms with van der Waals surface area (Å²) in [6.45, 7) is 1.78. The minimum absolute atomic E-state index is 0.00648. The highest BCUT2D eigenvalue weighted by Crippen LogP contribution is 2.14. The third-order valence-corrected chi connectivity index (χ3v) is 4.17. The Balaban J connectivity index is 2.03. The van der Waals surface area contributed by atoms with Crippen LogP contribution >= 0.6 is 0 Å². The van der Waals surface area contributed by atoms with Crippen molar-refractivity contribution >= 4 is 16.7 Å². The van der Waals surface area contributed by atoms with Crippen LogP contribution in [0.2, 0.25) is 0 Å². The molecule has 21 heavy (non-hydrogen) atoms. The number of nitrogens with zero attached hydrogens (tertiary/aromatic N) is 5. The Labute approximate surface area is 121 Å². The van der Waals surface area contributed by atoms with Crippen LogP contribution in [0.1, 0.15) is 25.7 Å². The van der Waals surface area contributed by atoms with Crippen molar-refractivity contribution in [1.82, 2.24) is 19.3 Å². The van der Waals surface area contributed by atoms with Gasteiger partial charge in [-0.1, -0.05) is 25.0 Å². The van der Waals surface area contributed by atoms with E-state index in [2.05, 4.69) is 15.2 Å². The molecule has 4 rings (SSSR count). The largest absolute Gasteiger partial charge is 0.307 e. The standard InChI is InChI=1S/C15H17N5O/c21-14-12-7-3-4-8-13(12)19-11-16-17-15(19)20(14)18-9-5-1-2-6-10-18/h3-4,7-8,11H,1-2,5-6,9-10H2. The molecule has 0 spiro atoms. The number of para-hydroxylation sites is 1. The van der Waals surface area contributed by atoms with Crippen molar-refractivity contribution < 1.29 is 0 Å². The first kappa shape index (κ1) is 12.4. The summed E-state index contributed by atoms with van der Waals surface area (Å²) in [6, 6.07) is 7.62. The van der Waals surface area contributed by atoms with Crippen LogP contribution in [0.25, 0.3) is 16.7 Å². The quantitative estimate of drug-likeness (QED) is 0.680. The second kappa shape index (κ2) is 4.87. The monoisotopic (exact) mass is 283 g/mol. The maximum Gasteiger partial charge on any atom is 0.281 e. The van der Waals surface area contributed by atoms with Crippen molar-refractivity contribution in [3.8, 4) is 0 Å². The molecule has 1 aromatic carbocycles. The zero-order valence-corrected chi connectivity index (χ0v) is 11.8. The van der Waals surface area contributed by atoms with E-state index in [0.717, 1.165) is 31.4 Å². The van der Waals surface area contributed by atoms with Crippen LogP contribution in [-0.2, 0) is 0 Å².